The molecule has 0 unspecified atom stereocenters. The van der Waals surface area contributed by atoms with Crippen LogP contribution < -0.4 is 14.8 Å². The average Bonchev–Trinajstić information content (AvgIpc) is 3.68. The number of halogens is 2. The number of rotatable bonds is 7. The summed E-state index contributed by atoms with van der Waals surface area (Å²) in [6.07, 6.45) is 4.69. The first-order chi connectivity index (χ1) is 19.4. The SMILES string of the molecule is C[C@@H](C(=O)Nc1cnc(Oc2ccc(F)cc2F)cn1)N1CCN(C(=O)c2cc[n+]([O-])c(C3(O)CC3)c2)C(C)(C)C1. The van der Waals surface area contributed by atoms with Crippen LogP contribution in [0.2, 0.25) is 0 Å². The van der Waals surface area contributed by atoms with Crippen LogP contribution in [0.5, 0.6) is 11.6 Å². The van der Waals surface area contributed by atoms with Crippen LogP contribution in [-0.2, 0) is 10.4 Å². The van der Waals surface area contributed by atoms with E-state index in [1.165, 1.54) is 30.7 Å². The first kappa shape index (κ1) is 28.3. The van der Waals surface area contributed by atoms with Crippen LogP contribution in [0.15, 0.2) is 48.9 Å². The Hall–Kier alpha value is -4.23. The van der Waals surface area contributed by atoms with Gasteiger partial charge in [0.15, 0.2) is 23.6 Å². The van der Waals surface area contributed by atoms with Crippen molar-refractivity contribution in [2.24, 2.45) is 0 Å². The molecule has 3 aromatic rings. The lowest BCUT2D eigenvalue weighted by molar-refractivity contribution is -0.620. The number of aromatic nitrogens is 3. The van der Waals surface area contributed by atoms with Crippen molar-refractivity contribution in [1.82, 2.24) is 19.8 Å². The summed E-state index contributed by atoms with van der Waals surface area (Å²) < 4.78 is 32.8. The summed E-state index contributed by atoms with van der Waals surface area (Å²) in [5.74, 6) is -2.30. The van der Waals surface area contributed by atoms with E-state index in [0.717, 1.165) is 12.1 Å². The van der Waals surface area contributed by atoms with Crippen LogP contribution in [0, 0.1) is 16.8 Å². The fourth-order valence-corrected chi connectivity index (χ4v) is 4.89. The van der Waals surface area contributed by atoms with Gasteiger partial charge in [-0.2, -0.15) is 4.73 Å². The Morgan fingerprint density at radius 1 is 1.15 bits per heavy atom. The molecule has 11 nitrogen and oxygen atoms in total. The predicted octanol–water partition coefficient (Wildman–Crippen LogP) is 2.73. The van der Waals surface area contributed by atoms with Gasteiger partial charge in [-0.15, -0.1) is 0 Å². The van der Waals surface area contributed by atoms with Gasteiger partial charge in [-0.25, -0.2) is 18.7 Å². The second-order valence-corrected chi connectivity index (χ2v) is 11.0. The number of amides is 2. The smallest absolute Gasteiger partial charge is 0.254 e. The number of pyridine rings is 1. The van der Waals surface area contributed by atoms with Crippen LogP contribution in [0.25, 0.3) is 0 Å². The van der Waals surface area contributed by atoms with Crippen LogP contribution in [0.4, 0.5) is 14.6 Å². The Labute approximate surface area is 235 Å². The predicted molar refractivity (Wildman–Crippen MR) is 142 cm³/mol. The molecule has 13 heteroatoms. The normalized spacial score (nSPS) is 18.4. The molecule has 1 aliphatic heterocycles. The number of nitrogens with one attached hydrogen (secondary N) is 1. The topological polar surface area (TPSA) is 135 Å². The zero-order valence-corrected chi connectivity index (χ0v) is 22.8. The third-order valence-electron chi connectivity index (χ3n) is 7.46. The molecule has 41 heavy (non-hydrogen) atoms. The van der Waals surface area contributed by atoms with Crippen molar-refractivity contribution in [1.29, 1.82) is 0 Å². The standard InChI is InChI=1S/C28H30F2N6O5/c1-17(25(37)33-23-14-32-24(15-31-23)41-21-5-4-19(29)13-20(21)30)34-10-11-35(27(2,3)16-34)26(38)18-6-9-36(40)22(12-18)28(39)7-8-28/h4-6,9,12-15,17,39H,7-8,10-11,16H2,1-3H3,(H,31,33,37)/t17-/m0/s1. The lowest BCUT2D eigenvalue weighted by Gasteiger charge is -2.48. The number of nitrogens with zero attached hydrogens (tertiary/aromatic N) is 5. The molecular formula is C28H30F2N6O5. The quantitative estimate of drug-likeness (QED) is 0.328. The fraction of sp³-hybridized carbons (Fsp3) is 0.393. The van der Waals surface area contributed by atoms with Crippen LogP contribution >= 0.6 is 0 Å². The van der Waals surface area contributed by atoms with Crippen molar-refractivity contribution in [3.8, 4) is 11.6 Å². The van der Waals surface area contributed by atoms with Gasteiger partial charge in [-0.05, 0) is 45.7 Å². The van der Waals surface area contributed by atoms with Gasteiger partial charge in [-0.3, -0.25) is 14.5 Å². The number of carbonyl (C=O) groups excluding carboxylic acids is 2. The summed E-state index contributed by atoms with van der Waals surface area (Å²) >= 11 is 0. The van der Waals surface area contributed by atoms with Crippen LogP contribution in [0.3, 0.4) is 0 Å². The molecular weight excluding hydrogens is 538 g/mol. The Bertz CT molecular complexity index is 1480. The van der Waals surface area contributed by atoms with Crippen molar-refractivity contribution < 1.29 is 32.9 Å². The molecule has 2 aromatic heterocycles. The summed E-state index contributed by atoms with van der Waals surface area (Å²) in [5, 5.41) is 25.3. The fourth-order valence-electron chi connectivity index (χ4n) is 4.89. The molecule has 216 valence electrons. The minimum atomic E-state index is -1.17. The van der Waals surface area contributed by atoms with Crippen molar-refractivity contribution in [2.75, 3.05) is 25.0 Å². The molecule has 2 aliphatic rings. The molecule has 0 bridgehead atoms. The van der Waals surface area contributed by atoms with Crippen molar-refractivity contribution >= 4 is 17.6 Å². The van der Waals surface area contributed by atoms with E-state index in [4.69, 9.17) is 4.74 Å². The van der Waals surface area contributed by atoms with Gasteiger partial charge in [0.2, 0.25) is 17.5 Å². The summed E-state index contributed by atoms with van der Waals surface area (Å²) in [6, 6.07) is 5.24. The van der Waals surface area contributed by atoms with Gasteiger partial charge in [0.1, 0.15) is 11.4 Å². The number of ether oxygens (including phenoxy) is 1. The highest BCUT2D eigenvalue weighted by Gasteiger charge is 2.49. The van der Waals surface area contributed by atoms with E-state index in [9.17, 15) is 28.7 Å². The van der Waals surface area contributed by atoms with Crippen molar-refractivity contribution in [3.63, 3.8) is 0 Å². The van der Waals surface area contributed by atoms with Gasteiger partial charge in [0.25, 0.3) is 5.91 Å². The Morgan fingerprint density at radius 2 is 1.90 bits per heavy atom. The molecule has 3 heterocycles. The maximum absolute atomic E-state index is 13.8. The number of benzene rings is 1. The Balaban J connectivity index is 1.19. The summed E-state index contributed by atoms with van der Waals surface area (Å²) in [5.41, 5.74) is -1.31. The van der Waals surface area contributed by atoms with E-state index < -0.39 is 28.8 Å². The summed E-state index contributed by atoms with van der Waals surface area (Å²) in [4.78, 5) is 38.2. The van der Waals surface area contributed by atoms with Crippen LogP contribution in [-0.4, -0.2) is 67.9 Å². The number of anilines is 1. The lowest BCUT2D eigenvalue weighted by Crippen LogP contribution is -2.63. The highest BCUT2D eigenvalue weighted by molar-refractivity contribution is 5.95. The summed E-state index contributed by atoms with van der Waals surface area (Å²) in [6.45, 7) is 6.74. The van der Waals surface area contributed by atoms with Gasteiger partial charge >= 0.3 is 0 Å². The number of hydrogen-bond acceptors (Lipinski definition) is 8. The second-order valence-electron chi connectivity index (χ2n) is 11.0. The molecule has 1 saturated carbocycles. The lowest BCUT2D eigenvalue weighted by atomic mass is 9.96. The molecule has 5 rings (SSSR count). The molecule has 2 fully saturated rings. The van der Waals surface area contributed by atoms with E-state index >= 15 is 0 Å². The Kier molecular flexibility index (Phi) is 7.34. The van der Waals surface area contributed by atoms with Gasteiger partial charge < -0.3 is 25.3 Å². The second kappa shape index (κ2) is 10.6. The highest BCUT2D eigenvalue weighted by Crippen LogP contribution is 2.44. The van der Waals surface area contributed by atoms with Crippen molar-refractivity contribution in [3.05, 3.63) is 77.0 Å². The van der Waals surface area contributed by atoms with Crippen LogP contribution in [0.1, 0.15) is 49.7 Å². The number of hydrogen-bond donors (Lipinski definition) is 2. The minimum absolute atomic E-state index is 0.0361. The zero-order chi connectivity index (χ0) is 29.5. The monoisotopic (exact) mass is 568 g/mol. The molecule has 1 atom stereocenters. The minimum Gasteiger partial charge on any atom is -0.618 e. The molecule has 2 N–H and O–H groups in total. The maximum atomic E-state index is 13.8. The molecule has 0 spiro atoms. The third kappa shape index (κ3) is 5.95. The van der Waals surface area contributed by atoms with E-state index in [-0.39, 0.29) is 35.0 Å². The van der Waals surface area contributed by atoms with Crippen molar-refractivity contribution in [2.45, 2.75) is 50.8 Å². The van der Waals surface area contributed by atoms with Gasteiger partial charge in [-0.1, -0.05) is 0 Å². The van der Waals surface area contributed by atoms with E-state index in [2.05, 4.69) is 15.3 Å². The zero-order valence-electron chi connectivity index (χ0n) is 22.8. The number of carbonyl (C=O) groups is 2. The van der Waals surface area contributed by atoms with E-state index in [1.54, 1.807) is 11.8 Å². The highest BCUT2D eigenvalue weighted by atomic mass is 19.1. The maximum Gasteiger partial charge on any atom is 0.254 e. The molecule has 1 aromatic carbocycles. The average molecular weight is 569 g/mol. The number of aliphatic hydroxyl groups is 1. The number of piperazine rings is 1. The molecule has 0 radical (unpaired) electrons. The first-order valence-corrected chi connectivity index (χ1v) is 13.1. The molecule has 2 amide bonds. The Morgan fingerprint density at radius 3 is 2.54 bits per heavy atom. The van der Waals surface area contributed by atoms with Gasteiger partial charge in [0.05, 0.1) is 29.5 Å². The molecule has 1 saturated heterocycles. The van der Waals surface area contributed by atoms with E-state index in [0.29, 0.717) is 48.8 Å². The summed E-state index contributed by atoms with van der Waals surface area (Å²) in [7, 11) is 0. The first-order valence-electron chi connectivity index (χ1n) is 13.1. The third-order valence-corrected chi connectivity index (χ3v) is 7.46. The largest absolute Gasteiger partial charge is 0.618 e. The molecule has 1 aliphatic carbocycles. The van der Waals surface area contributed by atoms with Gasteiger partial charge in [0, 0.05) is 37.8 Å². The van der Waals surface area contributed by atoms with E-state index in [1.807, 2.05) is 18.7 Å².